The minimum absolute atomic E-state index is 0.220. The SMILES string of the molecule is Cc1cccc(C)c1N(CC(=O)NC(C)c1ccc(N2CCCCC2)cc1)S(C)(=O)=O. The number of aryl methyl sites for hydroxylation is 2. The van der Waals surface area contributed by atoms with E-state index >= 15 is 0 Å². The molecule has 1 saturated heterocycles. The van der Waals surface area contributed by atoms with Crippen molar-refractivity contribution in [3.63, 3.8) is 0 Å². The number of hydrogen-bond acceptors (Lipinski definition) is 4. The first-order chi connectivity index (χ1) is 14.7. The first-order valence-electron chi connectivity index (χ1n) is 10.8. The standard InChI is InChI=1S/C24H33N3O3S/c1-18-9-8-10-19(2)24(18)27(31(4,29)30)17-23(28)25-20(3)21-11-13-22(14-12-21)26-15-6-5-7-16-26/h8-14,20H,5-7,15-17H2,1-4H3,(H,25,28). The highest BCUT2D eigenvalue weighted by Gasteiger charge is 2.24. The van der Waals surface area contributed by atoms with E-state index in [1.54, 1.807) is 0 Å². The molecule has 2 aromatic carbocycles. The third kappa shape index (κ3) is 5.79. The van der Waals surface area contributed by atoms with Crippen molar-refractivity contribution in [2.45, 2.75) is 46.1 Å². The van der Waals surface area contributed by atoms with Gasteiger partial charge in [0.15, 0.2) is 0 Å². The molecule has 3 rings (SSSR count). The highest BCUT2D eigenvalue weighted by Crippen LogP contribution is 2.27. The van der Waals surface area contributed by atoms with Crippen LogP contribution in [-0.4, -0.2) is 40.2 Å². The highest BCUT2D eigenvalue weighted by molar-refractivity contribution is 7.92. The Morgan fingerprint density at radius 3 is 2.16 bits per heavy atom. The predicted octanol–water partition coefficient (Wildman–Crippen LogP) is 3.94. The van der Waals surface area contributed by atoms with Crippen LogP contribution in [0.4, 0.5) is 11.4 Å². The topological polar surface area (TPSA) is 69.7 Å². The molecule has 1 aliphatic rings. The zero-order valence-electron chi connectivity index (χ0n) is 18.9. The second-order valence-corrected chi connectivity index (χ2v) is 10.3. The number of sulfonamides is 1. The van der Waals surface area contributed by atoms with Crippen LogP contribution < -0.4 is 14.5 Å². The van der Waals surface area contributed by atoms with E-state index in [1.165, 1.54) is 29.3 Å². The molecule has 1 atom stereocenters. The molecule has 7 heteroatoms. The molecule has 1 unspecified atom stereocenters. The Morgan fingerprint density at radius 1 is 1.03 bits per heavy atom. The van der Waals surface area contributed by atoms with Crippen LogP contribution in [0.15, 0.2) is 42.5 Å². The monoisotopic (exact) mass is 443 g/mol. The van der Waals surface area contributed by atoms with Crippen molar-refractivity contribution < 1.29 is 13.2 Å². The van der Waals surface area contributed by atoms with Gasteiger partial charge < -0.3 is 10.2 Å². The van der Waals surface area contributed by atoms with Gasteiger partial charge in [-0.15, -0.1) is 0 Å². The van der Waals surface area contributed by atoms with Gasteiger partial charge in [-0.3, -0.25) is 9.10 Å². The molecular weight excluding hydrogens is 410 g/mol. The number of nitrogens with one attached hydrogen (secondary N) is 1. The summed E-state index contributed by atoms with van der Waals surface area (Å²) in [5.74, 6) is -0.333. The Balaban J connectivity index is 1.69. The lowest BCUT2D eigenvalue weighted by Crippen LogP contribution is -2.41. The first kappa shape index (κ1) is 23.1. The van der Waals surface area contributed by atoms with Crippen molar-refractivity contribution in [2.24, 2.45) is 0 Å². The van der Waals surface area contributed by atoms with Gasteiger partial charge in [-0.05, 0) is 68.9 Å². The van der Waals surface area contributed by atoms with E-state index in [0.717, 1.165) is 36.0 Å². The van der Waals surface area contributed by atoms with Crippen LogP contribution in [-0.2, 0) is 14.8 Å². The Kier molecular flexibility index (Phi) is 7.26. The summed E-state index contributed by atoms with van der Waals surface area (Å²) in [6.07, 6.45) is 4.88. The summed E-state index contributed by atoms with van der Waals surface area (Å²) in [7, 11) is -3.61. The van der Waals surface area contributed by atoms with Crippen molar-refractivity contribution >= 4 is 27.3 Å². The smallest absolute Gasteiger partial charge is 0.241 e. The Labute approximate surface area is 186 Å². The van der Waals surface area contributed by atoms with Crippen molar-refractivity contribution in [1.29, 1.82) is 0 Å². The fourth-order valence-corrected chi connectivity index (χ4v) is 5.16. The van der Waals surface area contributed by atoms with Gasteiger partial charge in [0, 0.05) is 18.8 Å². The molecule has 168 valence electrons. The third-order valence-electron chi connectivity index (χ3n) is 5.87. The number of carbonyl (C=O) groups is 1. The fraction of sp³-hybridized carbons (Fsp3) is 0.458. The van der Waals surface area contributed by atoms with Gasteiger partial charge in [-0.1, -0.05) is 30.3 Å². The Morgan fingerprint density at radius 2 is 1.61 bits per heavy atom. The zero-order chi connectivity index (χ0) is 22.6. The number of hydrogen-bond donors (Lipinski definition) is 1. The van der Waals surface area contributed by atoms with E-state index in [1.807, 2.05) is 51.1 Å². The van der Waals surface area contributed by atoms with Crippen molar-refractivity contribution in [3.8, 4) is 0 Å². The summed E-state index contributed by atoms with van der Waals surface area (Å²) in [4.78, 5) is 15.2. The van der Waals surface area contributed by atoms with Gasteiger partial charge in [0.1, 0.15) is 6.54 Å². The average molecular weight is 444 g/mol. The highest BCUT2D eigenvalue weighted by atomic mass is 32.2. The molecule has 6 nitrogen and oxygen atoms in total. The van der Waals surface area contributed by atoms with Crippen LogP contribution in [0.5, 0.6) is 0 Å². The molecule has 1 fully saturated rings. The van der Waals surface area contributed by atoms with E-state index in [0.29, 0.717) is 5.69 Å². The number of piperidine rings is 1. The van der Waals surface area contributed by atoms with Crippen molar-refractivity contribution in [3.05, 3.63) is 59.2 Å². The maximum Gasteiger partial charge on any atom is 0.241 e. The molecule has 0 saturated carbocycles. The minimum atomic E-state index is -3.61. The quantitative estimate of drug-likeness (QED) is 0.704. The van der Waals surface area contributed by atoms with Crippen LogP contribution in [0.25, 0.3) is 0 Å². The van der Waals surface area contributed by atoms with E-state index in [4.69, 9.17) is 0 Å². The van der Waals surface area contributed by atoms with Crippen LogP contribution in [0, 0.1) is 13.8 Å². The second-order valence-electron chi connectivity index (χ2n) is 8.44. The molecule has 2 aromatic rings. The number of nitrogens with zero attached hydrogens (tertiary/aromatic N) is 2. The predicted molar refractivity (Wildman–Crippen MR) is 127 cm³/mol. The third-order valence-corrected chi connectivity index (χ3v) is 6.98. The van der Waals surface area contributed by atoms with Crippen molar-refractivity contribution in [1.82, 2.24) is 5.32 Å². The lowest BCUT2D eigenvalue weighted by molar-refractivity contribution is -0.120. The molecule has 0 spiro atoms. The molecule has 1 amide bonds. The zero-order valence-corrected chi connectivity index (χ0v) is 19.7. The molecule has 0 aliphatic carbocycles. The number of carbonyl (C=O) groups excluding carboxylic acids is 1. The second kappa shape index (κ2) is 9.73. The summed E-state index contributed by atoms with van der Waals surface area (Å²) < 4.78 is 26.1. The summed E-state index contributed by atoms with van der Waals surface area (Å²) in [6, 6.07) is 13.6. The summed E-state index contributed by atoms with van der Waals surface area (Å²) in [5.41, 5.74) is 4.41. The normalized spacial score (nSPS) is 15.4. The molecule has 31 heavy (non-hydrogen) atoms. The first-order valence-corrected chi connectivity index (χ1v) is 12.7. The van der Waals surface area contributed by atoms with E-state index in [9.17, 15) is 13.2 Å². The number of para-hydroxylation sites is 1. The summed E-state index contributed by atoms with van der Waals surface area (Å²) in [6.45, 7) is 7.55. The number of amides is 1. The van der Waals surface area contributed by atoms with Crippen LogP contribution in [0.1, 0.15) is 48.9 Å². The van der Waals surface area contributed by atoms with Crippen molar-refractivity contribution in [2.75, 3.05) is 35.1 Å². The summed E-state index contributed by atoms with van der Waals surface area (Å²) >= 11 is 0. The van der Waals surface area contributed by atoms with Gasteiger partial charge in [0.2, 0.25) is 15.9 Å². The molecule has 1 aliphatic heterocycles. The molecule has 0 radical (unpaired) electrons. The maximum absolute atomic E-state index is 12.8. The van der Waals surface area contributed by atoms with Crippen LogP contribution in [0.2, 0.25) is 0 Å². The minimum Gasteiger partial charge on any atom is -0.372 e. The van der Waals surface area contributed by atoms with E-state index < -0.39 is 10.0 Å². The molecule has 1 N–H and O–H groups in total. The average Bonchev–Trinajstić information content (AvgIpc) is 2.73. The molecule has 1 heterocycles. The lowest BCUT2D eigenvalue weighted by atomic mass is 10.1. The van der Waals surface area contributed by atoms with Gasteiger partial charge in [-0.2, -0.15) is 0 Å². The largest absolute Gasteiger partial charge is 0.372 e. The van der Waals surface area contributed by atoms with E-state index in [-0.39, 0.29) is 18.5 Å². The molecule has 0 bridgehead atoms. The van der Waals surface area contributed by atoms with Crippen LogP contribution in [0.3, 0.4) is 0 Å². The maximum atomic E-state index is 12.8. The Bertz CT molecular complexity index is 993. The van der Waals surface area contributed by atoms with Gasteiger partial charge in [0.25, 0.3) is 0 Å². The van der Waals surface area contributed by atoms with Gasteiger partial charge >= 0.3 is 0 Å². The number of benzene rings is 2. The molecule has 0 aromatic heterocycles. The fourth-order valence-electron chi connectivity index (χ4n) is 4.19. The molecular formula is C24H33N3O3S. The van der Waals surface area contributed by atoms with Gasteiger partial charge in [0.05, 0.1) is 18.0 Å². The number of anilines is 2. The Hall–Kier alpha value is -2.54. The number of rotatable bonds is 7. The lowest BCUT2D eigenvalue weighted by Gasteiger charge is -2.29. The van der Waals surface area contributed by atoms with E-state index in [2.05, 4.69) is 22.3 Å². The van der Waals surface area contributed by atoms with Crippen LogP contribution >= 0.6 is 0 Å². The van der Waals surface area contributed by atoms with Gasteiger partial charge in [-0.25, -0.2) is 8.42 Å². The summed E-state index contributed by atoms with van der Waals surface area (Å²) in [5, 5.41) is 2.95.